The number of hydrogen-bond acceptors (Lipinski definition) is 5. The van der Waals surface area contributed by atoms with E-state index in [1.54, 1.807) is 0 Å². The maximum Gasteiger partial charge on any atom is 0.107 e. The molecule has 1 aromatic rings. The molecule has 0 amide bonds. The van der Waals surface area contributed by atoms with E-state index >= 15 is 0 Å². The van der Waals surface area contributed by atoms with E-state index in [1.807, 2.05) is 23.1 Å². The van der Waals surface area contributed by atoms with Gasteiger partial charge in [0.25, 0.3) is 0 Å². The Morgan fingerprint density at radius 2 is 2.42 bits per heavy atom. The lowest BCUT2D eigenvalue weighted by atomic mass is 9.93. The third kappa shape index (κ3) is 4.45. The zero-order valence-electron chi connectivity index (χ0n) is 11.8. The lowest BCUT2D eigenvalue weighted by Gasteiger charge is -2.15. The Balaban J connectivity index is 1.89. The maximum atomic E-state index is 9.06. The highest BCUT2D eigenvalue weighted by atomic mass is 32.2. The molecular weight excluding hydrogens is 276 g/mol. The van der Waals surface area contributed by atoms with Crippen molar-refractivity contribution in [2.45, 2.75) is 45.2 Å². The highest BCUT2D eigenvalue weighted by Crippen LogP contribution is 2.29. The van der Waals surface area contributed by atoms with Gasteiger partial charge in [0.15, 0.2) is 0 Å². The summed E-state index contributed by atoms with van der Waals surface area (Å²) >= 11 is 3.70. The minimum Gasteiger partial charge on any atom is -0.396 e. The fourth-order valence-electron chi connectivity index (χ4n) is 2.50. The van der Waals surface area contributed by atoms with Gasteiger partial charge < -0.3 is 10.4 Å². The average Bonchev–Trinajstić information content (AvgIpc) is 2.78. The Kier molecular flexibility index (Phi) is 6.13. The molecule has 0 aromatic carbocycles. The van der Waals surface area contributed by atoms with Crippen molar-refractivity contribution in [3.05, 3.63) is 15.6 Å². The molecular formula is C14H24N2OS2. The van der Waals surface area contributed by atoms with E-state index in [0.29, 0.717) is 6.04 Å². The van der Waals surface area contributed by atoms with Crippen molar-refractivity contribution >= 4 is 23.1 Å². The van der Waals surface area contributed by atoms with Crippen LogP contribution in [0.1, 0.15) is 35.3 Å². The van der Waals surface area contributed by atoms with Crippen molar-refractivity contribution in [2.75, 3.05) is 18.6 Å². The topological polar surface area (TPSA) is 45.1 Å². The molecule has 0 bridgehead atoms. The molecule has 5 heteroatoms. The van der Waals surface area contributed by atoms with Crippen LogP contribution in [0.5, 0.6) is 0 Å². The molecule has 3 nitrogen and oxygen atoms in total. The van der Waals surface area contributed by atoms with Crippen molar-refractivity contribution in [1.29, 1.82) is 0 Å². The van der Waals surface area contributed by atoms with Gasteiger partial charge in [-0.1, -0.05) is 6.92 Å². The molecule has 2 unspecified atom stereocenters. The fraction of sp³-hybridized carbons (Fsp3) is 0.786. The number of aliphatic hydroxyl groups is 1. The third-order valence-electron chi connectivity index (χ3n) is 3.62. The third-order valence-corrected chi connectivity index (χ3v) is 5.47. The first-order chi connectivity index (χ1) is 9.22. The number of thiazole rings is 1. The number of fused-ring (bicyclic) bond motifs is 1. The molecule has 19 heavy (non-hydrogen) atoms. The molecule has 2 atom stereocenters. The van der Waals surface area contributed by atoms with Gasteiger partial charge in [0.05, 0.1) is 5.69 Å². The van der Waals surface area contributed by atoms with Crippen LogP contribution in [0.2, 0.25) is 0 Å². The van der Waals surface area contributed by atoms with Crippen LogP contribution in [0.3, 0.4) is 0 Å². The maximum absolute atomic E-state index is 9.06. The number of aromatic nitrogens is 1. The van der Waals surface area contributed by atoms with Gasteiger partial charge in [-0.25, -0.2) is 4.98 Å². The summed E-state index contributed by atoms with van der Waals surface area (Å²) in [5, 5.41) is 13.8. The predicted octanol–water partition coefficient (Wildman–Crippen LogP) is 2.47. The number of nitrogens with zero attached hydrogens (tertiary/aromatic N) is 1. The van der Waals surface area contributed by atoms with Gasteiger partial charge in [-0.15, -0.1) is 11.3 Å². The van der Waals surface area contributed by atoms with Crippen LogP contribution >= 0.6 is 23.1 Å². The van der Waals surface area contributed by atoms with Crippen LogP contribution in [0, 0.1) is 5.92 Å². The lowest BCUT2D eigenvalue weighted by Crippen LogP contribution is -2.31. The first kappa shape index (κ1) is 15.3. The molecule has 108 valence electrons. The van der Waals surface area contributed by atoms with Crippen LogP contribution in [0.4, 0.5) is 0 Å². The van der Waals surface area contributed by atoms with Gasteiger partial charge in [0.1, 0.15) is 5.01 Å². The van der Waals surface area contributed by atoms with Crippen molar-refractivity contribution in [2.24, 2.45) is 5.92 Å². The Bertz CT molecular complexity index is 389. The summed E-state index contributed by atoms with van der Waals surface area (Å²) in [6, 6.07) is 0.389. The largest absolute Gasteiger partial charge is 0.396 e. The van der Waals surface area contributed by atoms with E-state index in [4.69, 9.17) is 10.1 Å². The molecule has 0 fully saturated rings. The summed E-state index contributed by atoms with van der Waals surface area (Å²) in [6.07, 6.45) is 6.57. The molecule has 1 aliphatic rings. The average molecular weight is 300 g/mol. The summed E-state index contributed by atoms with van der Waals surface area (Å²) in [6.45, 7) is 3.43. The standard InChI is InChI=1S/C14H24N2OS2/c1-10-3-4-12-13(7-10)19-14(16-12)8-15-11(5-6-17)9-18-2/h10-11,15,17H,3-9H2,1-2H3. The summed E-state index contributed by atoms with van der Waals surface area (Å²) in [5.41, 5.74) is 1.34. The number of thioether (sulfide) groups is 1. The Hall–Kier alpha value is -0.100. The Morgan fingerprint density at radius 3 is 3.16 bits per heavy atom. The van der Waals surface area contributed by atoms with E-state index in [0.717, 1.165) is 31.1 Å². The first-order valence-corrected chi connectivity index (χ1v) is 9.24. The predicted molar refractivity (Wildman–Crippen MR) is 84.0 cm³/mol. The zero-order chi connectivity index (χ0) is 13.7. The second kappa shape index (κ2) is 7.62. The van der Waals surface area contributed by atoms with Crippen LogP contribution in [-0.2, 0) is 19.4 Å². The highest BCUT2D eigenvalue weighted by molar-refractivity contribution is 7.98. The highest BCUT2D eigenvalue weighted by Gasteiger charge is 2.19. The summed E-state index contributed by atoms with van der Waals surface area (Å²) < 4.78 is 0. The molecule has 0 aliphatic heterocycles. The minimum atomic E-state index is 0.254. The van der Waals surface area contributed by atoms with Crippen LogP contribution in [0.15, 0.2) is 0 Å². The summed E-state index contributed by atoms with van der Waals surface area (Å²) in [7, 11) is 0. The van der Waals surface area contributed by atoms with Gasteiger partial charge >= 0.3 is 0 Å². The van der Waals surface area contributed by atoms with Crippen LogP contribution < -0.4 is 5.32 Å². The number of aliphatic hydroxyl groups excluding tert-OH is 1. The molecule has 1 aromatic heterocycles. The van der Waals surface area contributed by atoms with Crippen LogP contribution in [-0.4, -0.2) is 34.7 Å². The van der Waals surface area contributed by atoms with E-state index in [2.05, 4.69) is 18.5 Å². The van der Waals surface area contributed by atoms with Gasteiger partial charge in [0, 0.05) is 29.8 Å². The summed E-state index contributed by atoms with van der Waals surface area (Å²) in [5.74, 6) is 1.86. The SMILES string of the molecule is CSCC(CCO)NCc1nc2c(s1)CC(C)CC2. The lowest BCUT2D eigenvalue weighted by molar-refractivity contribution is 0.269. The molecule has 1 heterocycles. The second-order valence-corrected chi connectivity index (χ2v) is 7.45. The van der Waals surface area contributed by atoms with Crippen molar-refractivity contribution in [1.82, 2.24) is 10.3 Å². The quantitative estimate of drug-likeness (QED) is 0.812. The van der Waals surface area contributed by atoms with E-state index < -0.39 is 0 Å². The van der Waals surface area contributed by atoms with Gasteiger partial charge in [-0.2, -0.15) is 11.8 Å². The van der Waals surface area contributed by atoms with E-state index in [-0.39, 0.29) is 6.61 Å². The Labute approximate surface area is 124 Å². The smallest absolute Gasteiger partial charge is 0.107 e. The van der Waals surface area contributed by atoms with Gasteiger partial charge in [-0.3, -0.25) is 0 Å². The Morgan fingerprint density at radius 1 is 1.58 bits per heavy atom. The first-order valence-electron chi connectivity index (χ1n) is 7.03. The monoisotopic (exact) mass is 300 g/mol. The molecule has 0 saturated heterocycles. The number of nitrogens with one attached hydrogen (secondary N) is 1. The van der Waals surface area contributed by atoms with Gasteiger partial charge in [0.2, 0.25) is 0 Å². The van der Waals surface area contributed by atoms with Crippen molar-refractivity contribution < 1.29 is 5.11 Å². The van der Waals surface area contributed by atoms with Crippen molar-refractivity contribution in [3.63, 3.8) is 0 Å². The van der Waals surface area contributed by atoms with Crippen LogP contribution in [0.25, 0.3) is 0 Å². The van der Waals surface area contributed by atoms with E-state index in [1.165, 1.54) is 28.4 Å². The molecule has 1 aliphatic carbocycles. The second-order valence-electron chi connectivity index (χ2n) is 5.37. The normalized spacial score (nSPS) is 20.3. The van der Waals surface area contributed by atoms with Crippen molar-refractivity contribution in [3.8, 4) is 0 Å². The zero-order valence-corrected chi connectivity index (χ0v) is 13.4. The molecule has 0 saturated carbocycles. The van der Waals surface area contributed by atoms with E-state index in [9.17, 15) is 0 Å². The molecule has 2 rings (SSSR count). The molecule has 2 N–H and O–H groups in total. The number of aryl methyl sites for hydroxylation is 1. The van der Waals surface area contributed by atoms with Gasteiger partial charge in [-0.05, 0) is 37.9 Å². The molecule has 0 radical (unpaired) electrons. The minimum absolute atomic E-state index is 0.254. The molecule has 0 spiro atoms. The summed E-state index contributed by atoms with van der Waals surface area (Å²) in [4.78, 5) is 6.26. The number of rotatable bonds is 7. The fourth-order valence-corrected chi connectivity index (χ4v) is 4.42. The number of hydrogen-bond donors (Lipinski definition) is 2.